The Morgan fingerprint density at radius 1 is 1.54 bits per heavy atom. The van der Waals surface area contributed by atoms with Crippen molar-refractivity contribution in [1.82, 2.24) is 0 Å². The van der Waals surface area contributed by atoms with Gasteiger partial charge in [-0.05, 0) is 35.0 Å². The first-order valence-electron chi connectivity index (χ1n) is 3.66. The first-order valence-corrected chi connectivity index (χ1v) is 5.75. The van der Waals surface area contributed by atoms with Crippen LogP contribution in [-0.2, 0) is 0 Å². The highest BCUT2D eigenvalue weighted by Crippen LogP contribution is 2.27. The summed E-state index contributed by atoms with van der Waals surface area (Å²) in [6, 6.07) is 5.31. The Bertz CT molecular complexity index is 336. The minimum absolute atomic E-state index is 0.00806. The molecule has 0 N–H and O–H groups in total. The Morgan fingerprint density at radius 2 is 2.15 bits per heavy atom. The molecular weight excluding hydrogens is 319 g/mol. The Balaban J connectivity index is 3.15. The molecule has 0 saturated heterocycles. The highest BCUT2D eigenvalue weighted by Gasteiger charge is 2.16. The van der Waals surface area contributed by atoms with E-state index in [-0.39, 0.29) is 10.6 Å². The van der Waals surface area contributed by atoms with E-state index >= 15 is 0 Å². The molecule has 0 aliphatic rings. The largest absolute Gasteiger partial charge is 0.293 e. The molecule has 0 amide bonds. The normalized spacial score (nSPS) is 12.6. The van der Waals surface area contributed by atoms with Crippen molar-refractivity contribution in [1.29, 1.82) is 0 Å². The van der Waals surface area contributed by atoms with Crippen LogP contribution in [0.4, 0.5) is 0 Å². The smallest absolute Gasteiger partial charge is 0.177 e. The number of hydrogen-bond donors (Lipinski definition) is 0. The van der Waals surface area contributed by atoms with Gasteiger partial charge in [0, 0.05) is 10.0 Å². The van der Waals surface area contributed by atoms with E-state index < -0.39 is 0 Å². The van der Waals surface area contributed by atoms with Crippen LogP contribution in [0.2, 0.25) is 5.02 Å². The fourth-order valence-electron chi connectivity index (χ4n) is 0.908. The topological polar surface area (TPSA) is 17.1 Å². The van der Waals surface area contributed by atoms with Gasteiger partial charge in [-0.2, -0.15) is 0 Å². The quantitative estimate of drug-likeness (QED) is 0.591. The molecule has 70 valence electrons. The summed E-state index contributed by atoms with van der Waals surface area (Å²) in [5.41, 5.74) is 0.542. The Kier molecular flexibility index (Phi) is 3.95. The Morgan fingerprint density at radius 3 is 2.69 bits per heavy atom. The van der Waals surface area contributed by atoms with Gasteiger partial charge in [-0.15, -0.1) is 0 Å². The van der Waals surface area contributed by atoms with Crippen LogP contribution >= 0.6 is 43.5 Å². The highest BCUT2D eigenvalue weighted by atomic mass is 79.9. The number of rotatable bonds is 2. The minimum Gasteiger partial charge on any atom is -0.293 e. The van der Waals surface area contributed by atoms with E-state index in [1.54, 1.807) is 25.1 Å². The zero-order valence-corrected chi connectivity index (χ0v) is 10.8. The summed E-state index contributed by atoms with van der Waals surface area (Å²) in [5, 5.41) is 0.471. The number of carbonyl (C=O) groups is 1. The van der Waals surface area contributed by atoms with Crippen molar-refractivity contribution in [3.63, 3.8) is 0 Å². The maximum Gasteiger partial charge on any atom is 0.177 e. The molecule has 0 fully saturated rings. The molecule has 0 heterocycles. The van der Waals surface area contributed by atoms with E-state index in [4.69, 9.17) is 11.6 Å². The molecule has 0 saturated carbocycles. The predicted octanol–water partition coefficient (Wildman–Crippen LogP) is 4.07. The summed E-state index contributed by atoms with van der Waals surface area (Å²) in [4.78, 5) is 11.4. The van der Waals surface area contributed by atoms with Gasteiger partial charge < -0.3 is 0 Å². The van der Waals surface area contributed by atoms with Crippen molar-refractivity contribution >= 4 is 49.2 Å². The second kappa shape index (κ2) is 4.58. The molecule has 1 nitrogen and oxygen atoms in total. The van der Waals surface area contributed by atoms with Crippen molar-refractivity contribution in [3.8, 4) is 0 Å². The van der Waals surface area contributed by atoms with E-state index in [0.29, 0.717) is 10.6 Å². The molecule has 1 aromatic carbocycles. The molecule has 0 aliphatic heterocycles. The number of halogens is 3. The molecule has 1 aromatic rings. The van der Waals surface area contributed by atoms with Gasteiger partial charge in [0.15, 0.2) is 5.78 Å². The fraction of sp³-hybridized carbons (Fsp3) is 0.222. The minimum atomic E-state index is -0.209. The van der Waals surface area contributed by atoms with E-state index in [9.17, 15) is 4.79 Å². The van der Waals surface area contributed by atoms with E-state index in [0.717, 1.165) is 4.47 Å². The lowest BCUT2D eigenvalue weighted by molar-refractivity contribution is 0.0996. The third-order valence-corrected chi connectivity index (χ3v) is 3.29. The van der Waals surface area contributed by atoms with Crippen LogP contribution in [0.5, 0.6) is 0 Å². The van der Waals surface area contributed by atoms with Gasteiger partial charge in [-0.1, -0.05) is 33.6 Å². The molecule has 0 spiro atoms. The lowest BCUT2D eigenvalue weighted by Crippen LogP contribution is -2.10. The summed E-state index contributed by atoms with van der Waals surface area (Å²) in [5.74, 6) is -0.00806. The Hall–Kier alpha value is 0.140. The SMILES string of the molecule is CC(Br)C(=O)c1cccc(Br)c1Cl. The van der Waals surface area contributed by atoms with Crippen molar-refractivity contribution < 1.29 is 4.79 Å². The first-order chi connectivity index (χ1) is 6.04. The third-order valence-electron chi connectivity index (χ3n) is 1.58. The van der Waals surface area contributed by atoms with Gasteiger partial charge in [0.2, 0.25) is 0 Å². The maximum absolute atomic E-state index is 11.6. The van der Waals surface area contributed by atoms with Gasteiger partial charge >= 0.3 is 0 Å². The van der Waals surface area contributed by atoms with Gasteiger partial charge in [-0.3, -0.25) is 4.79 Å². The van der Waals surface area contributed by atoms with E-state index in [1.165, 1.54) is 0 Å². The molecule has 4 heteroatoms. The Labute approximate surface area is 98.7 Å². The van der Waals surface area contributed by atoms with Crippen LogP contribution in [0.1, 0.15) is 17.3 Å². The van der Waals surface area contributed by atoms with Crippen LogP contribution in [0.3, 0.4) is 0 Å². The van der Waals surface area contributed by atoms with Crippen LogP contribution < -0.4 is 0 Å². The predicted molar refractivity (Wildman–Crippen MR) is 61.9 cm³/mol. The zero-order valence-electron chi connectivity index (χ0n) is 6.85. The number of benzene rings is 1. The summed E-state index contributed by atoms with van der Waals surface area (Å²) in [6.07, 6.45) is 0. The molecular formula is C9H7Br2ClO. The van der Waals surface area contributed by atoms with Crippen LogP contribution in [0.15, 0.2) is 22.7 Å². The van der Waals surface area contributed by atoms with E-state index in [1.807, 2.05) is 0 Å². The molecule has 1 unspecified atom stereocenters. The van der Waals surface area contributed by atoms with Crippen LogP contribution in [0, 0.1) is 0 Å². The number of ketones is 1. The standard InChI is InChI=1S/C9H7Br2ClO/c1-5(10)9(13)6-3-2-4-7(11)8(6)12/h2-5H,1H3. The van der Waals surface area contributed by atoms with Crippen molar-refractivity contribution in [2.75, 3.05) is 0 Å². The van der Waals surface area contributed by atoms with E-state index in [2.05, 4.69) is 31.9 Å². The third kappa shape index (κ3) is 2.55. The molecule has 0 aromatic heterocycles. The average molecular weight is 326 g/mol. The van der Waals surface area contributed by atoms with Gasteiger partial charge in [0.25, 0.3) is 0 Å². The van der Waals surface area contributed by atoms with Crippen molar-refractivity contribution in [2.45, 2.75) is 11.8 Å². The summed E-state index contributed by atoms with van der Waals surface area (Å²) in [7, 11) is 0. The van der Waals surface area contributed by atoms with Crippen LogP contribution in [0.25, 0.3) is 0 Å². The zero-order chi connectivity index (χ0) is 10.0. The monoisotopic (exact) mass is 324 g/mol. The lowest BCUT2D eigenvalue weighted by Gasteiger charge is -2.05. The molecule has 1 atom stereocenters. The highest BCUT2D eigenvalue weighted by molar-refractivity contribution is 9.10. The second-order valence-electron chi connectivity index (χ2n) is 2.58. The first kappa shape index (κ1) is 11.2. The number of carbonyl (C=O) groups excluding carboxylic acids is 1. The summed E-state index contributed by atoms with van der Waals surface area (Å²) >= 11 is 12.4. The average Bonchev–Trinajstić information content (AvgIpc) is 2.08. The van der Waals surface area contributed by atoms with Gasteiger partial charge in [-0.25, -0.2) is 0 Å². The van der Waals surface area contributed by atoms with Crippen molar-refractivity contribution in [3.05, 3.63) is 33.3 Å². The number of hydrogen-bond acceptors (Lipinski definition) is 1. The summed E-state index contributed by atoms with van der Waals surface area (Å²) in [6.45, 7) is 1.78. The molecule has 0 radical (unpaired) electrons. The van der Waals surface area contributed by atoms with Gasteiger partial charge in [0.05, 0.1) is 9.85 Å². The maximum atomic E-state index is 11.6. The van der Waals surface area contributed by atoms with Gasteiger partial charge in [0.1, 0.15) is 0 Å². The second-order valence-corrected chi connectivity index (χ2v) is 5.19. The number of Topliss-reactive ketones (excluding diaryl/α,β-unsaturated/α-hetero) is 1. The van der Waals surface area contributed by atoms with Crippen molar-refractivity contribution in [2.24, 2.45) is 0 Å². The molecule has 0 aliphatic carbocycles. The lowest BCUT2D eigenvalue weighted by atomic mass is 10.1. The number of alkyl halides is 1. The van der Waals surface area contributed by atoms with Crippen LogP contribution in [-0.4, -0.2) is 10.6 Å². The fourth-order valence-corrected chi connectivity index (χ4v) is 1.74. The molecule has 13 heavy (non-hydrogen) atoms. The molecule has 1 rings (SSSR count). The molecule has 0 bridgehead atoms. The summed E-state index contributed by atoms with van der Waals surface area (Å²) < 4.78 is 0.744.